The Morgan fingerprint density at radius 2 is 1.90 bits per heavy atom. The molecular formula is C16H17F2NS. The highest BCUT2D eigenvalue weighted by Crippen LogP contribution is 2.26. The zero-order valence-electron chi connectivity index (χ0n) is 11.5. The zero-order chi connectivity index (χ0) is 14.5. The lowest BCUT2D eigenvalue weighted by Crippen LogP contribution is -2.19. The smallest absolute Gasteiger partial charge is 0.124 e. The second kappa shape index (κ2) is 6.86. The molecule has 1 unspecified atom stereocenters. The third-order valence-electron chi connectivity index (χ3n) is 3.03. The van der Waals surface area contributed by atoms with Crippen LogP contribution in [-0.4, -0.2) is 12.8 Å². The summed E-state index contributed by atoms with van der Waals surface area (Å²) < 4.78 is 26.6. The fourth-order valence-corrected chi connectivity index (χ4v) is 3.14. The van der Waals surface area contributed by atoms with E-state index in [1.807, 2.05) is 26.1 Å². The standard InChI is InChI=1S/C16H17F2NS/c1-11-6-12(8-14(18)7-11)16(19-2)10-20-15-5-3-4-13(17)9-15/h3-9,16,19H,10H2,1-2H3. The number of benzene rings is 2. The predicted octanol–water partition coefficient (Wildman–Crippen LogP) is 4.33. The number of thioether (sulfide) groups is 1. The minimum absolute atomic E-state index is 0.0256. The van der Waals surface area contributed by atoms with Gasteiger partial charge in [-0.15, -0.1) is 11.8 Å². The van der Waals surface area contributed by atoms with Gasteiger partial charge in [0, 0.05) is 16.7 Å². The van der Waals surface area contributed by atoms with Crippen LogP contribution < -0.4 is 5.32 Å². The molecule has 0 aliphatic rings. The molecule has 1 nitrogen and oxygen atoms in total. The van der Waals surface area contributed by atoms with Crippen molar-refractivity contribution in [2.75, 3.05) is 12.8 Å². The predicted molar refractivity (Wildman–Crippen MR) is 80.1 cm³/mol. The molecule has 0 saturated heterocycles. The van der Waals surface area contributed by atoms with E-state index in [0.29, 0.717) is 5.75 Å². The summed E-state index contributed by atoms with van der Waals surface area (Å²) in [6.45, 7) is 1.87. The molecule has 1 atom stereocenters. The van der Waals surface area contributed by atoms with Crippen LogP contribution in [0.1, 0.15) is 17.2 Å². The summed E-state index contributed by atoms with van der Waals surface area (Å²) >= 11 is 1.55. The summed E-state index contributed by atoms with van der Waals surface area (Å²) in [6.07, 6.45) is 0. The third-order valence-corrected chi connectivity index (χ3v) is 4.12. The largest absolute Gasteiger partial charge is 0.312 e. The van der Waals surface area contributed by atoms with Gasteiger partial charge in [0.25, 0.3) is 0 Å². The van der Waals surface area contributed by atoms with Gasteiger partial charge in [-0.3, -0.25) is 0 Å². The number of aryl methyl sites for hydroxylation is 1. The summed E-state index contributed by atoms with van der Waals surface area (Å²) in [5.74, 6) is 0.247. The van der Waals surface area contributed by atoms with Crippen molar-refractivity contribution in [1.82, 2.24) is 5.32 Å². The quantitative estimate of drug-likeness (QED) is 0.824. The lowest BCUT2D eigenvalue weighted by molar-refractivity contribution is 0.609. The lowest BCUT2D eigenvalue weighted by atomic mass is 10.1. The molecule has 0 spiro atoms. The average molecular weight is 293 g/mol. The maximum Gasteiger partial charge on any atom is 0.124 e. The topological polar surface area (TPSA) is 12.0 Å². The van der Waals surface area contributed by atoms with Crippen LogP contribution in [0.4, 0.5) is 8.78 Å². The number of halogens is 2. The van der Waals surface area contributed by atoms with Gasteiger partial charge in [-0.2, -0.15) is 0 Å². The van der Waals surface area contributed by atoms with E-state index in [0.717, 1.165) is 16.0 Å². The highest BCUT2D eigenvalue weighted by Gasteiger charge is 2.11. The van der Waals surface area contributed by atoms with Crippen molar-refractivity contribution in [3.05, 3.63) is 65.2 Å². The van der Waals surface area contributed by atoms with Crippen molar-refractivity contribution >= 4 is 11.8 Å². The Labute approximate surface area is 122 Å². The van der Waals surface area contributed by atoms with Gasteiger partial charge < -0.3 is 5.32 Å². The molecule has 0 heterocycles. The van der Waals surface area contributed by atoms with Gasteiger partial charge in [0.15, 0.2) is 0 Å². The lowest BCUT2D eigenvalue weighted by Gasteiger charge is -2.17. The van der Waals surface area contributed by atoms with Crippen LogP contribution in [-0.2, 0) is 0 Å². The van der Waals surface area contributed by atoms with Crippen LogP contribution in [0.15, 0.2) is 47.4 Å². The molecule has 20 heavy (non-hydrogen) atoms. The van der Waals surface area contributed by atoms with Gasteiger partial charge in [-0.25, -0.2) is 8.78 Å². The minimum atomic E-state index is -0.238. The summed E-state index contributed by atoms with van der Waals surface area (Å²) in [6, 6.07) is 11.5. The minimum Gasteiger partial charge on any atom is -0.312 e. The second-order valence-corrected chi connectivity index (χ2v) is 5.76. The van der Waals surface area contributed by atoms with E-state index in [9.17, 15) is 8.78 Å². The number of rotatable bonds is 5. The van der Waals surface area contributed by atoms with Crippen LogP contribution in [0, 0.1) is 18.6 Å². The maximum atomic E-state index is 13.5. The Morgan fingerprint density at radius 3 is 2.55 bits per heavy atom. The van der Waals surface area contributed by atoms with E-state index >= 15 is 0 Å². The van der Waals surface area contributed by atoms with Crippen LogP contribution in [0.25, 0.3) is 0 Å². The van der Waals surface area contributed by atoms with Crippen LogP contribution in [0.3, 0.4) is 0 Å². The Hall–Kier alpha value is -1.39. The number of hydrogen-bond donors (Lipinski definition) is 1. The van der Waals surface area contributed by atoms with Crippen LogP contribution in [0.5, 0.6) is 0 Å². The summed E-state index contributed by atoms with van der Waals surface area (Å²) in [5.41, 5.74) is 1.81. The van der Waals surface area contributed by atoms with Crippen molar-refractivity contribution in [3.63, 3.8) is 0 Å². The van der Waals surface area contributed by atoms with Gasteiger partial charge in [0.1, 0.15) is 11.6 Å². The van der Waals surface area contributed by atoms with Crippen LogP contribution >= 0.6 is 11.8 Å². The SMILES string of the molecule is CNC(CSc1cccc(F)c1)c1cc(C)cc(F)c1. The molecular weight excluding hydrogens is 276 g/mol. The van der Waals surface area contributed by atoms with Crippen LogP contribution in [0.2, 0.25) is 0 Å². The Bertz CT molecular complexity index is 566. The molecule has 0 fully saturated rings. The fourth-order valence-electron chi connectivity index (χ4n) is 2.05. The molecule has 2 rings (SSSR count). The molecule has 0 aliphatic heterocycles. The van der Waals surface area contributed by atoms with E-state index in [4.69, 9.17) is 0 Å². The first-order valence-electron chi connectivity index (χ1n) is 6.41. The molecule has 4 heteroatoms. The molecule has 2 aromatic rings. The molecule has 1 N–H and O–H groups in total. The fraction of sp³-hybridized carbons (Fsp3) is 0.250. The van der Waals surface area contributed by atoms with E-state index in [1.54, 1.807) is 23.9 Å². The molecule has 0 aromatic heterocycles. The molecule has 106 valence electrons. The van der Waals surface area contributed by atoms with Crippen molar-refractivity contribution in [2.24, 2.45) is 0 Å². The normalized spacial score (nSPS) is 12.4. The Morgan fingerprint density at radius 1 is 1.10 bits per heavy atom. The molecule has 0 radical (unpaired) electrons. The molecule has 0 aliphatic carbocycles. The Kier molecular flexibility index (Phi) is 5.15. The summed E-state index contributed by atoms with van der Waals surface area (Å²) in [4.78, 5) is 0.873. The van der Waals surface area contributed by atoms with Gasteiger partial charge in [-0.1, -0.05) is 12.1 Å². The highest BCUT2D eigenvalue weighted by atomic mass is 32.2. The monoisotopic (exact) mass is 293 g/mol. The maximum absolute atomic E-state index is 13.5. The van der Waals surface area contributed by atoms with Crippen molar-refractivity contribution < 1.29 is 8.78 Å². The van der Waals surface area contributed by atoms with Gasteiger partial charge in [0.05, 0.1) is 0 Å². The summed E-state index contributed by atoms with van der Waals surface area (Å²) in [7, 11) is 1.84. The van der Waals surface area contributed by atoms with E-state index in [1.165, 1.54) is 18.2 Å². The molecule has 0 amide bonds. The van der Waals surface area contributed by atoms with Crippen molar-refractivity contribution in [3.8, 4) is 0 Å². The second-order valence-electron chi connectivity index (χ2n) is 4.67. The first-order valence-corrected chi connectivity index (χ1v) is 7.40. The van der Waals surface area contributed by atoms with E-state index in [2.05, 4.69) is 5.32 Å². The third kappa shape index (κ3) is 4.05. The number of hydrogen-bond acceptors (Lipinski definition) is 2. The molecule has 0 saturated carbocycles. The first-order chi connectivity index (χ1) is 9.58. The van der Waals surface area contributed by atoms with E-state index in [-0.39, 0.29) is 17.7 Å². The van der Waals surface area contributed by atoms with E-state index < -0.39 is 0 Å². The highest BCUT2D eigenvalue weighted by molar-refractivity contribution is 7.99. The first kappa shape index (κ1) is 15.0. The molecule has 0 bridgehead atoms. The number of nitrogens with one attached hydrogen (secondary N) is 1. The summed E-state index contributed by atoms with van der Waals surface area (Å²) in [5, 5.41) is 3.18. The van der Waals surface area contributed by atoms with Gasteiger partial charge >= 0.3 is 0 Å². The van der Waals surface area contributed by atoms with Gasteiger partial charge in [0.2, 0.25) is 0 Å². The zero-order valence-corrected chi connectivity index (χ0v) is 12.3. The average Bonchev–Trinajstić information content (AvgIpc) is 2.38. The molecule has 2 aromatic carbocycles. The Balaban J connectivity index is 2.09. The van der Waals surface area contributed by atoms with Gasteiger partial charge in [-0.05, 0) is 55.4 Å². The van der Waals surface area contributed by atoms with Crippen molar-refractivity contribution in [1.29, 1.82) is 0 Å². The van der Waals surface area contributed by atoms with Crippen molar-refractivity contribution in [2.45, 2.75) is 17.9 Å².